The van der Waals surface area contributed by atoms with Crippen molar-refractivity contribution in [3.8, 4) is 0 Å². The topological polar surface area (TPSA) is 69.0 Å². The first-order valence-corrected chi connectivity index (χ1v) is 8.24. The number of fused-ring (bicyclic) bond motifs is 1. The number of aryl methyl sites for hydroxylation is 1. The fourth-order valence-corrected chi connectivity index (χ4v) is 3.05. The maximum atomic E-state index is 12.6. The quantitative estimate of drug-likeness (QED) is 0.941. The van der Waals surface area contributed by atoms with E-state index >= 15 is 0 Å². The molecule has 124 valence electrons. The van der Waals surface area contributed by atoms with E-state index in [-0.39, 0.29) is 24.1 Å². The zero-order valence-electron chi connectivity index (χ0n) is 14.2. The SMILES string of the molecule is Cc1nc2c(cnn2C(C)C)cc1C(=O)N[C@@H](C)[C@H]1CCCO1. The molecule has 3 heterocycles. The van der Waals surface area contributed by atoms with Crippen LogP contribution in [0.4, 0.5) is 0 Å². The highest BCUT2D eigenvalue weighted by Gasteiger charge is 2.25. The highest BCUT2D eigenvalue weighted by Crippen LogP contribution is 2.20. The average molecular weight is 316 g/mol. The molecule has 0 unspecified atom stereocenters. The number of carbonyl (C=O) groups excluding carboxylic acids is 1. The van der Waals surface area contributed by atoms with Crippen LogP contribution in [0, 0.1) is 6.92 Å². The van der Waals surface area contributed by atoms with Gasteiger partial charge in [0.2, 0.25) is 0 Å². The second kappa shape index (κ2) is 6.28. The Labute approximate surface area is 136 Å². The van der Waals surface area contributed by atoms with Crippen LogP contribution >= 0.6 is 0 Å². The molecular weight excluding hydrogens is 292 g/mol. The summed E-state index contributed by atoms with van der Waals surface area (Å²) in [5, 5.41) is 8.29. The molecule has 1 aliphatic rings. The van der Waals surface area contributed by atoms with Crippen LogP contribution in [0.1, 0.15) is 55.7 Å². The zero-order valence-corrected chi connectivity index (χ0v) is 14.2. The summed E-state index contributed by atoms with van der Waals surface area (Å²) in [7, 11) is 0. The number of hydrogen-bond acceptors (Lipinski definition) is 4. The standard InChI is InChI=1S/C17H24N4O2/c1-10(2)21-16-13(9-18-21)8-14(11(3)19-16)17(22)20-12(4)15-6-5-7-23-15/h8-10,12,15H,5-7H2,1-4H3,(H,20,22)/t12-,15+/m0/s1. The van der Waals surface area contributed by atoms with Gasteiger partial charge in [-0.1, -0.05) is 0 Å². The van der Waals surface area contributed by atoms with E-state index in [9.17, 15) is 4.79 Å². The molecule has 3 rings (SSSR count). The highest BCUT2D eigenvalue weighted by atomic mass is 16.5. The Balaban J connectivity index is 1.84. The van der Waals surface area contributed by atoms with Crippen molar-refractivity contribution in [3.63, 3.8) is 0 Å². The molecule has 2 atom stereocenters. The molecule has 6 nitrogen and oxygen atoms in total. The van der Waals surface area contributed by atoms with Crippen molar-refractivity contribution in [1.82, 2.24) is 20.1 Å². The lowest BCUT2D eigenvalue weighted by Gasteiger charge is -2.20. The summed E-state index contributed by atoms with van der Waals surface area (Å²) in [6.07, 6.45) is 3.94. The van der Waals surface area contributed by atoms with Crippen LogP contribution in [0.5, 0.6) is 0 Å². The summed E-state index contributed by atoms with van der Waals surface area (Å²) >= 11 is 0. The first-order valence-electron chi connectivity index (χ1n) is 8.24. The number of rotatable bonds is 4. The lowest BCUT2D eigenvalue weighted by molar-refractivity contribution is 0.0712. The predicted octanol–water partition coefficient (Wildman–Crippen LogP) is 2.62. The van der Waals surface area contributed by atoms with E-state index in [1.807, 2.05) is 24.6 Å². The summed E-state index contributed by atoms with van der Waals surface area (Å²) in [5.74, 6) is -0.0998. The summed E-state index contributed by atoms with van der Waals surface area (Å²) < 4.78 is 7.51. The average Bonchev–Trinajstić information content (AvgIpc) is 3.15. The molecule has 1 aliphatic heterocycles. The third kappa shape index (κ3) is 3.08. The minimum absolute atomic E-state index is 0.00140. The largest absolute Gasteiger partial charge is 0.376 e. The van der Waals surface area contributed by atoms with Crippen LogP contribution in [0.25, 0.3) is 11.0 Å². The minimum Gasteiger partial charge on any atom is -0.376 e. The molecule has 23 heavy (non-hydrogen) atoms. The molecule has 0 aliphatic carbocycles. The van der Waals surface area contributed by atoms with Crippen LogP contribution < -0.4 is 5.32 Å². The van der Waals surface area contributed by atoms with E-state index in [2.05, 4.69) is 29.2 Å². The zero-order chi connectivity index (χ0) is 16.6. The van der Waals surface area contributed by atoms with Gasteiger partial charge in [0, 0.05) is 18.0 Å². The van der Waals surface area contributed by atoms with Crippen molar-refractivity contribution in [2.24, 2.45) is 0 Å². The summed E-state index contributed by atoms with van der Waals surface area (Å²) in [6.45, 7) is 8.77. The van der Waals surface area contributed by atoms with Gasteiger partial charge in [-0.05, 0) is 46.6 Å². The Morgan fingerprint density at radius 2 is 2.22 bits per heavy atom. The van der Waals surface area contributed by atoms with Crippen molar-refractivity contribution >= 4 is 16.9 Å². The first kappa shape index (κ1) is 15.9. The third-order valence-electron chi connectivity index (χ3n) is 4.37. The number of nitrogens with zero attached hydrogens (tertiary/aromatic N) is 3. The van der Waals surface area contributed by atoms with E-state index in [1.165, 1.54) is 0 Å². The molecular formula is C17H24N4O2. The summed E-state index contributed by atoms with van der Waals surface area (Å²) in [6, 6.07) is 2.11. The Morgan fingerprint density at radius 1 is 1.43 bits per heavy atom. The van der Waals surface area contributed by atoms with Crippen LogP contribution in [0.3, 0.4) is 0 Å². The van der Waals surface area contributed by atoms with E-state index in [1.54, 1.807) is 6.20 Å². The van der Waals surface area contributed by atoms with Gasteiger partial charge in [-0.15, -0.1) is 0 Å². The van der Waals surface area contributed by atoms with Gasteiger partial charge >= 0.3 is 0 Å². The minimum atomic E-state index is -0.0998. The number of ether oxygens (including phenoxy) is 1. The first-order chi connectivity index (χ1) is 11.0. The lowest BCUT2D eigenvalue weighted by Crippen LogP contribution is -2.41. The molecule has 1 fully saturated rings. The van der Waals surface area contributed by atoms with Gasteiger partial charge in [-0.3, -0.25) is 4.79 Å². The van der Waals surface area contributed by atoms with Crippen LogP contribution in [0.15, 0.2) is 12.3 Å². The number of nitrogens with one attached hydrogen (secondary N) is 1. The number of carbonyl (C=O) groups is 1. The van der Waals surface area contributed by atoms with Crippen molar-refractivity contribution in [2.45, 2.75) is 58.7 Å². The van der Waals surface area contributed by atoms with Crippen LogP contribution in [-0.4, -0.2) is 39.4 Å². The Bertz CT molecular complexity index is 717. The fourth-order valence-electron chi connectivity index (χ4n) is 3.05. The number of hydrogen-bond donors (Lipinski definition) is 1. The van der Waals surface area contributed by atoms with Gasteiger partial charge in [0.15, 0.2) is 5.65 Å². The van der Waals surface area contributed by atoms with Gasteiger partial charge < -0.3 is 10.1 Å². The second-order valence-electron chi connectivity index (χ2n) is 6.53. The molecule has 1 saturated heterocycles. The molecule has 6 heteroatoms. The molecule has 0 spiro atoms. The maximum Gasteiger partial charge on any atom is 0.253 e. The van der Waals surface area contributed by atoms with Gasteiger partial charge in [-0.2, -0.15) is 5.10 Å². The van der Waals surface area contributed by atoms with E-state index in [0.29, 0.717) is 5.56 Å². The van der Waals surface area contributed by atoms with Crippen molar-refractivity contribution in [3.05, 3.63) is 23.5 Å². The number of pyridine rings is 1. The smallest absolute Gasteiger partial charge is 0.253 e. The molecule has 2 aromatic heterocycles. The van der Waals surface area contributed by atoms with E-state index in [0.717, 1.165) is 36.2 Å². The maximum absolute atomic E-state index is 12.6. The summed E-state index contributed by atoms with van der Waals surface area (Å²) in [5.41, 5.74) is 2.14. The highest BCUT2D eigenvalue weighted by molar-refractivity contribution is 5.98. The van der Waals surface area contributed by atoms with Crippen molar-refractivity contribution < 1.29 is 9.53 Å². The molecule has 0 saturated carbocycles. The number of aromatic nitrogens is 3. The normalized spacial score (nSPS) is 19.4. The van der Waals surface area contributed by atoms with Crippen molar-refractivity contribution in [1.29, 1.82) is 0 Å². The van der Waals surface area contributed by atoms with Crippen molar-refractivity contribution in [2.75, 3.05) is 6.61 Å². The van der Waals surface area contributed by atoms with Gasteiger partial charge in [-0.25, -0.2) is 9.67 Å². The van der Waals surface area contributed by atoms with E-state index < -0.39 is 0 Å². The Morgan fingerprint density at radius 3 is 2.87 bits per heavy atom. The van der Waals surface area contributed by atoms with Crippen LogP contribution in [0.2, 0.25) is 0 Å². The number of amides is 1. The Kier molecular flexibility index (Phi) is 4.35. The van der Waals surface area contributed by atoms with Crippen LogP contribution in [-0.2, 0) is 4.74 Å². The molecule has 0 aromatic carbocycles. The monoisotopic (exact) mass is 316 g/mol. The molecule has 1 N–H and O–H groups in total. The molecule has 2 aromatic rings. The summed E-state index contributed by atoms with van der Waals surface area (Å²) in [4.78, 5) is 17.2. The van der Waals surface area contributed by atoms with E-state index in [4.69, 9.17) is 4.74 Å². The predicted molar refractivity (Wildman–Crippen MR) is 88.6 cm³/mol. The Hall–Kier alpha value is -1.95. The van der Waals surface area contributed by atoms with Gasteiger partial charge in [0.25, 0.3) is 5.91 Å². The third-order valence-corrected chi connectivity index (χ3v) is 4.37. The second-order valence-corrected chi connectivity index (χ2v) is 6.53. The molecule has 0 radical (unpaired) electrons. The molecule has 1 amide bonds. The van der Waals surface area contributed by atoms with Gasteiger partial charge in [0.1, 0.15) is 0 Å². The lowest BCUT2D eigenvalue weighted by atomic mass is 10.1. The fraction of sp³-hybridized carbons (Fsp3) is 0.588. The molecule has 0 bridgehead atoms. The van der Waals surface area contributed by atoms with Gasteiger partial charge in [0.05, 0.1) is 29.6 Å².